The fraction of sp³-hybridized carbons (Fsp3) is 0.636. The molecule has 4 aliphatic rings. The van der Waals surface area contributed by atoms with Gasteiger partial charge in [-0.05, 0) is 74.8 Å². The first-order chi connectivity index (χ1) is 12.8. The van der Waals surface area contributed by atoms with E-state index >= 15 is 0 Å². The highest BCUT2D eigenvalue weighted by molar-refractivity contribution is 5.94. The van der Waals surface area contributed by atoms with Gasteiger partial charge in [-0.3, -0.25) is 9.59 Å². The quantitative estimate of drug-likeness (QED) is 0.778. The Balaban J connectivity index is 1.39. The van der Waals surface area contributed by atoms with Crippen molar-refractivity contribution in [3.05, 3.63) is 29.3 Å². The van der Waals surface area contributed by atoms with E-state index in [0.29, 0.717) is 18.3 Å². The molecule has 5 heteroatoms. The van der Waals surface area contributed by atoms with E-state index < -0.39 is 11.0 Å². The van der Waals surface area contributed by atoms with Crippen molar-refractivity contribution in [2.75, 3.05) is 11.9 Å². The van der Waals surface area contributed by atoms with Gasteiger partial charge in [0.25, 0.3) is 5.91 Å². The lowest BCUT2D eigenvalue weighted by molar-refractivity contribution is -0.196. The fourth-order valence-electron chi connectivity index (χ4n) is 6.11. The number of para-hydroxylation sites is 1. The van der Waals surface area contributed by atoms with E-state index in [1.54, 1.807) is 0 Å². The minimum absolute atomic E-state index is 0.272. The summed E-state index contributed by atoms with van der Waals surface area (Å²) < 4.78 is 5.46. The smallest absolute Gasteiger partial charge is 0.312 e. The summed E-state index contributed by atoms with van der Waals surface area (Å²) in [6.07, 6.45) is 5.64. The third-order valence-electron chi connectivity index (χ3n) is 6.80. The van der Waals surface area contributed by atoms with Crippen LogP contribution in [0.4, 0.5) is 5.69 Å². The maximum atomic E-state index is 12.9. The van der Waals surface area contributed by atoms with E-state index in [1.165, 1.54) is 0 Å². The molecule has 4 bridgehead atoms. The van der Waals surface area contributed by atoms with Crippen LogP contribution in [0, 0.1) is 24.2 Å². The lowest BCUT2D eigenvalue weighted by Crippen LogP contribution is -2.58. The Morgan fingerprint density at radius 2 is 1.93 bits per heavy atom. The number of hydrogen-bond donors (Lipinski definition) is 2. The van der Waals surface area contributed by atoms with E-state index in [1.807, 2.05) is 32.0 Å². The Kier molecular flexibility index (Phi) is 4.53. The number of aryl methyl sites for hydroxylation is 2. The Morgan fingerprint density at radius 3 is 2.56 bits per heavy atom. The van der Waals surface area contributed by atoms with Crippen LogP contribution in [0.2, 0.25) is 0 Å². The van der Waals surface area contributed by atoms with E-state index in [-0.39, 0.29) is 18.5 Å². The summed E-state index contributed by atoms with van der Waals surface area (Å²) in [4.78, 5) is 25.3. The Labute approximate surface area is 160 Å². The topological polar surface area (TPSA) is 75.6 Å². The standard InChI is InChI=1S/C22H29NO4/c1-3-17-6-4-5-14(2)19(17)23-18(24)12-27-20(25)21-8-15-7-16(9-21)11-22(26,10-15)13-21/h4-6,15-16,26H,3,7-13H2,1-2H3,(H,23,24)/t15-,16+,21?,22?. The van der Waals surface area contributed by atoms with Crippen LogP contribution in [0.25, 0.3) is 0 Å². The molecule has 1 amide bonds. The molecule has 0 radical (unpaired) electrons. The molecule has 5 rings (SSSR count). The van der Waals surface area contributed by atoms with Crippen LogP contribution in [0.15, 0.2) is 18.2 Å². The summed E-state index contributed by atoms with van der Waals surface area (Å²) in [7, 11) is 0. The Morgan fingerprint density at radius 1 is 1.22 bits per heavy atom. The van der Waals surface area contributed by atoms with Crippen LogP contribution < -0.4 is 5.32 Å². The Bertz CT molecular complexity index is 758. The third-order valence-corrected chi connectivity index (χ3v) is 6.80. The lowest BCUT2D eigenvalue weighted by Gasteiger charge is -2.58. The zero-order valence-corrected chi connectivity index (χ0v) is 16.2. The molecular weight excluding hydrogens is 342 g/mol. The summed E-state index contributed by atoms with van der Waals surface area (Å²) in [5, 5.41) is 13.7. The largest absolute Gasteiger partial charge is 0.455 e. The van der Waals surface area contributed by atoms with Gasteiger partial charge in [0.05, 0.1) is 11.0 Å². The van der Waals surface area contributed by atoms with Crippen molar-refractivity contribution in [1.82, 2.24) is 0 Å². The first-order valence-electron chi connectivity index (χ1n) is 10.1. The minimum Gasteiger partial charge on any atom is -0.455 e. The number of esters is 1. The van der Waals surface area contributed by atoms with Gasteiger partial charge < -0.3 is 15.2 Å². The van der Waals surface area contributed by atoms with Crippen LogP contribution in [-0.4, -0.2) is 29.2 Å². The van der Waals surface area contributed by atoms with Crippen LogP contribution in [0.1, 0.15) is 56.6 Å². The normalized spacial score (nSPS) is 33.7. The number of anilines is 1. The Hall–Kier alpha value is -1.88. The van der Waals surface area contributed by atoms with Crippen LogP contribution in [0.5, 0.6) is 0 Å². The summed E-state index contributed by atoms with van der Waals surface area (Å²) in [6, 6.07) is 5.92. The second-order valence-corrected chi connectivity index (χ2v) is 9.05. The maximum Gasteiger partial charge on any atom is 0.312 e. The zero-order valence-electron chi connectivity index (χ0n) is 16.2. The highest BCUT2D eigenvalue weighted by atomic mass is 16.5. The number of carbonyl (C=O) groups excluding carboxylic acids is 2. The number of ether oxygens (including phenoxy) is 1. The van der Waals surface area contributed by atoms with Crippen molar-refractivity contribution in [3.63, 3.8) is 0 Å². The summed E-state index contributed by atoms with van der Waals surface area (Å²) in [5.41, 5.74) is 1.58. The highest BCUT2D eigenvalue weighted by Gasteiger charge is 2.60. The van der Waals surface area contributed by atoms with Crippen molar-refractivity contribution in [1.29, 1.82) is 0 Å². The van der Waals surface area contributed by atoms with Crippen molar-refractivity contribution in [3.8, 4) is 0 Å². The molecule has 146 valence electrons. The van der Waals surface area contributed by atoms with E-state index in [2.05, 4.69) is 5.32 Å². The molecule has 4 aliphatic carbocycles. The number of aliphatic hydroxyl groups is 1. The van der Waals surface area contributed by atoms with Crippen molar-refractivity contribution < 1.29 is 19.4 Å². The third kappa shape index (κ3) is 3.38. The van der Waals surface area contributed by atoms with Crippen molar-refractivity contribution >= 4 is 17.6 Å². The molecule has 0 heterocycles. The van der Waals surface area contributed by atoms with Crippen molar-refractivity contribution in [2.24, 2.45) is 17.3 Å². The first kappa shape index (κ1) is 18.5. The van der Waals surface area contributed by atoms with Gasteiger partial charge in [-0.2, -0.15) is 0 Å². The monoisotopic (exact) mass is 371 g/mol. The van der Waals surface area contributed by atoms with Gasteiger partial charge in [0, 0.05) is 5.69 Å². The van der Waals surface area contributed by atoms with Crippen LogP contribution >= 0.6 is 0 Å². The average molecular weight is 371 g/mol. The molecule has 0 aromatic heterocycles. The van der Waals surface area contributed by atoms with E-state index in [0.717, 1.165) is 55.3 Å². The van der Waals surface area contributed by atoms with Gasteiger partial charge in [-0.15, -0.1) is 0 Å². The molecule has 27 heavy (non-hydrogen) atoms. The molecule has 0 saturated heterocycles. The molecular formula is C22H29NO4. The number of amides is 1. The molecule has 0 spiro atoms. The van der Waals surface area contributed by atoms with Gasteiger partial charge in [0.15, 0.2) is 6.61 Å². The van der Waals surface area contributed by atoms with Gasteiger partial charge in [-0.1, -0.05) is 25.1 Å². The number of rotatable bonds is 5. The number of benzene rings is 1. The number of nitrogens with one attached hydrogen (secondary N) is 1. The zero-order chi connectivity index (χ0) is 19.2. The average Bonchev–Trinajstić information content (AvgIpc) is 2.59. The molecule has 4 atom stereocenters. The van der Waals surface area contributed by atoms with Crippen LogP contribution in [-0.2, 0) is 20.7 Å². The number of carbonyl (C=O) groups is 2. The van der Waals surface area contributed by atoms with E-state index in [4.69, 9.17) is 4.74 Å². The summed E-state index contributed by atoms with van der Waals surface area (Å²) in [6.45, 7) is 3.73. The lowest BCUT2D eigenvalue weighted by atomic mass is 9.48. The number of hydrogen-bond acceptors (Lipinski definition) is 4. The predicted octanol–water partition coefficient (Wildman–Crippen LogP) is 3.37. The molecule has 2 N–H and O–H groups in total. The summed E-state index contributed by atoms with van der Waals surface area (Å²) >= 11 is 0. The second-order valence-electron chi connectivity index (χ2n) is 9.05. The second kappa shape index (κ2) is 6.62. The van der Waals surface area contributed by atoms with Gasteiger partial charge in [0.2, 0.25) is 0 Å². The van der Waals surface area contributed by atoms with E-state index in [9.17, 15) is 14.7 Å². The fourth-order valence-corrected chi connectivity index (χ4v) is 6.11. The molecule has 5 nitrogen and oxygen atoms in total. The molecule has 4 fully saturated rings. The molecule has 2 unspecified atom stereocenters. The summed E-state index contributed by atoms with van der Waals surface area (Å²) in [5.74, 6) is 0.217. The van der Waals surface area contributed by atoms with Crippen molar-refractivity contribution in [2.45, 2.75) is 64.4 Å². The SMILES string of the molecule is CCc1cccc(C)c1NC(=O)COC(=O)C12C[C@@H]3C[C@@H](CC(O)(C3)C1)C2. The highest BCUT2D eigenvalue weighted by Crippen LogP contribution is 2.61. The van der Waals surface area contributed by atoms with Crippen LogP contribution in [0.3, 0.4) is 0 Å². The molecule has 1 aromatic carbocycles. The minimum atomic E-state index is -0.706. The van der Waals surface area contributed by atoms with Gasteiger partial charge in [0.1, 0.15) is 0 Å². The van der Waals surface area contributed by atoms with Gasteiger partial charge >= 0.3 is 5.97 Å². The molecule has 4 saturated carbocycles. The van der Waals surface area contributed by atoms with Gasteiger partial charge in [-0.25, -0.2) is 0 Å². The predicted molar refractivity (Wildman–Crippen MR) is 102 cm³/mol. The molecule has 0 aliphatic heterocycles. The first-order valence-corrected chi connectivity index (χ1v) is 10.1. The maximum absolute atomic E-state index is 12.9. The molecule has 1 aromatic rings.